The third kappa shape index (κ3) is 4.92. The molecule has 2 rings (SSSR count). The Morgan fingerprint density at radius 1 is 1.28 bits per heavy atom. The lowest BCUT2D eigenvalue weighted by Crippen LogP contribution is -2.42. The molecule has 1 aromatic carbocycles. The molecule has 0 bridgehead atoms. The van der Waals surface area contributed by atoms with Gasteiger partial charge in [-0.2, -0.15) is 0 Å². The maximum Gasteiger partial charge on any atom is 0.345 e. The third-order valence-electron chi connectivity index (χ3n) is 4.36. The molecule has 0 radical (unpaired) electrons. The minimum absolute atomic E-state index is 0.00754. The quantitative estimate of drug-likeness (QED) is 0.472. The summed E-state index contributed by atoms with van der Waals surface area (Å²) in [7, 11) is 4.14. The Bertz CT molecular complexity index is 644. The van der Waals surface area contributed by atoms with Gasteiger partial charge in [0, 0.05) is 30.9 Å². The van der Waals surface area contributed by atoms with Crippen molar-refractivity contribution in [2.75, 3.05) is 32.1 Å². The Kier molecular flexibility index (Phi) is 5.67. The second-order valence-electron chi connectivity index (χ2n) is 7.64. The average Bonchev–Trinajstić information content (AvgIpc) is 2.52. The molecule has 1 heterocycles. The lowest BCUT2D eigenvalue weighted by atomic mass is 10.0. The molecule has 7 heteroatoms. The highest BCUT2D eigenvalue weighted by Gasteiger charge is 2.28. The fraction of sp³-hybridized carbons (Fsp3) is 0.611. The standard InChI is InChI=1S/C18H27N3O4/c1-18(2,3)25-17(22)15-7-6-14(12-16(15)21(23)24)20-10-8-13(9-11-20)19(4)5/h6-7,12-13H,8-11H2,1-5H3. The summed E-state index contributed by atoms with van der Waals surface area (Å²) in [4.78, 5) is 27.5. The van der Waals surface area contributed by atoms with Gasteiger partial charge in [0.1, 0.15) is 11.2 Å². The van der Waals surface area contributed by atoms with E-state index in [1.54, 1.807) is 26.8 Å². The molecular formula is C18H27N3O4. The Hall–Kier alpha value is -2.15. The zero-order chi connectivity index (χ0) is 18.8. The summed E-state index contributed by atoms with van der Waals surface area (Å²) in [5.74, 6) is -0.669. The van der Waals surface area contributed by atoms with Crippen LogP contribution in [0.4, 0.5) is 11.4 Å². The Morgan fingerprint density at radius 2 is 1.88 bits per heavy atom. The van der Waals surface area contributed by atoms with Crippen LogP contribution in [0.15, 0.2) is 18.2 Å². The molecule has 0 saturated carbocycles. The number of rotatable bonds is 4. The Morgan fingerprint density at radius 3 is 2.36 bits per heavy atom. The second kappa shape index (κ2) is 7.39. The molecule has 0 unspecified atom stereocenters. The zero-order valence-corrected chi connectivity index (χ0v) is 15.6. The molecule has 1 fully saturated rings. The van der Waals surface area contributed by atoms with E-state index < -0.39 is 16.5 Å². The predicted octanol–water partition coefficient (Wildman–Crippen LogP) is 3.08. The van der Waals surface area contributed by atoms with Gasteiger partial charge in [-0.15, -0.1) is 0 Å². The lowest BCUT2D eigenvalue weighted by Gasteiger charge is -2.36. The summed E-state index contributed by atoms with van der Waals surface area (Å²) in [5.41, 5.74) is -0.137. The van der Waals surface area contributed by atoms with Crippen molar-refractivity contribution in [3.63, 3.8) is 0 Å². The fourth-order valence-corrected chi connectivity index (χ4v) is 3.01. The normalized spacial score (nSPS) is 16.2. The van der Waals surface area contributed by atoms with Gasteiger partial charge in [-0.25, -0.2) is 4.79 Å². The number of nitro benzene ring substituents is 1. The van der Waals surface area contributed by atoms with Crippen molar-refractivity contribution in [2.24, 2.45) is 0 Å². The molecule has 0 amide bonds. The number of benzene rings is 1. The average molecular weight is 349 g/mol. The number of ether oxygens (including phenoxy) is 1. The number of carbonyl (C=O) groups is 1. The Balaban J connectivity index is 2.22. The number of esters is 1. The first-order valence-corrected chi connectivity index (χ1v) is 8.51. The van der Waals surface area contributed by atoms with Crippen LogP contribution >= 0.6 is 0 Å². The number of piperidine rings is 1. The van der Waals surface area contributed by atoms with Crippen molar-refractivity contribution in [1.29, 1.82) is 0 Å². The number of anilines is 1. The lowest BCUT2D eigenvalue weighted by molar-refractivity contribution is -0.385. The van der Waals surface area contributed by atoms with Gasteiger partial charge < -0.3 is 14.5 Å². The topological polar surface area (TPSA) is 75.9 Å². The first-order chi connectivity index (χ1) is 11.6. The van der Waals surface area contributed by atoms with E-state index in [0.29, 0.717) is 6.04 Å². The molecule has 7 nitrogen and oxygen atoms in total. The van der Waals surface area contributed by atoms with Crippen molar-refractivity contribution in [2.45, 2.75) is 45.3 Å². The van der Waals surface area contributed by atoms with Crippen LogP contribution in [0.5, 0.6) is 0 Å². The van der Waals surface area contributed by atoms with Crippen molar-refractivity contribution >= 4 is 17.3 Å². The molecule has 1 saturated heterocycles. The number of hydrogen-bond donors (Lipinski definition) is 0. The molecular weight excluding hydrogens is 322 g/mol. The highest BCUT2D eigenvalue weighted by molar-refractivity contribution is 5.95. The van der Waals surface area contributed by atoms with E-state index in [-0.39, 0.29) is 11.3 Å². The van der Waals surface area contributed by atoms with E-state index in [9.17, 15) is 14.9 Å². The molecule has 0 aromatic heterocycles. The minimum Gasteiger partial charge on any atom is -0.456 e. The maximum absolute atomic E-state index is 12.2. The van der Waals surface area contributed by atoms with Gasteiger partial charge in [0.2, 0.25) is 0 Å². The van der Waals surface area contributed by atoms with Crippen LogP contribution in [-0.2, 0) is 4.74 Å². The van der Waals surface area contributed by atoms with Gasteiger partial charge in [-0.3, -0.25) is 10.1 Å². The van der Waals surface area contributed by atoms with Crippen LogP contribution in [0.25, 0.3) is 0 Å². The molecule has 0 spiro atoms. The first-order valence-electron chi connectivity index (χ1n) is 8.51. The van der Waals surface area contributed by atoms with Crippen LogP contribution in [0.1, 0.15) is 44.0 Å². The van der Waals surface area contributed by atoms with E-state index in [4.69, 9.17) is 4.74 Å². The van der Waals surface area contributed by atoms with Crippen LogP contribution in [0.2, 0.25) is 0 Å². The molecule has 0 atom stereocenters. The molecule has 0 aliphatic carbocycles. The predicted molar refractivity (Wildman–Crippen MR) is 97.2 cm³/mol. The smallest absolute Gasteiger partial charge is 0.345 e. The van der Waals surface area contributed by atoms with Gasteiger partial charge in [0.05, 0.1) is 4.92 Å². The van der Waals surface area contributed by atoms with E-state index in [1.807, 2.05) is 0 Å². The third-order valence-corrected chi connectivity index (χ3v) is 4.36. The van der Waals surface area contributed by atoms with E-state index >= 15 is 0 Å². The van der Waals surface area contributed by atoms with Gasteiger partial charge >= 0.3 is 5.97 Å². The summed E-state index contributed by atoms with van der Waals surface area (Å²) in [6.07, 6.45) is 2.02. The monoisotopic (exact) mass is 349 g/mol. The van der Waals surface area contributed by atoms with Crippen LogP contribution in [0, 0.1) is 10.1 Å². The van der Waals surface area contributed by atoms with E-state index in [0.717, 1.165) is 31.6 Å². The number of carbonyl (C=O) groups excluding carboxylic acids is 1. The highest BCUT2D eigenvalue weighted by atomic mass is 16.6. The molecule has 25 heavy (non-hydrogen) atoms. The molecule has 1 aliphatic rings. The van der Waals surface area contributed by atoms with Crippen molar-refractivity contribution in [3.05, 3.63) is 33.9 Å². The van der Waals surface area contributed by atoms with Gasteiger partial charge in [-0.05, 0) is 59.8 Å². The second-order valence-corrected chi connectivity index (χ2v) is 7.64. The molecule has 1 aromatic rings. The van der Waals surface area contributed by atoms with Crippen LogP contribution < -0.4 is 4.90 Å². The van der Waals surface area contributed by atoms with E-state index in [1.165, 1.54) is 12.1 Å². The van der Waals surface area contributed by atoms with Gasteiger partial charge in [0.25, 0.3) is 5.69 Å². The summed E-state index contributed by atoms with van der Waals surface area (Å²) < 4.78 is 5.28. The van der Waals surface area contributed by atoms with Crippen molar-refractivity contribution in [3.8, 4) is 0 Å². The first kappa shape index (κ1) is 19.2. The van der Waals surface area contributed by atoms with Crippen molar-refractivity contribution in [1.82, 2.24) is 4.90 Å². The zero-order valence-electron chi connectivity index (χ0n) is 15.6. The fourth-order valence-electron chi connectivity index (χ4n) is 3.01. The number of nitro groups is 1. The molecule has 1 aliphatic heterocycles. The van der Waals surface area contributed by atoms with E-state index in [2.05, 4.69) is 23.9 Å². The van der Waals surface area contributed by atoms with Gasteiger partial charge in [0.15, 0.2) is 0 Å². The number of hydrogen-bond acceptors (Lipinski definition) is 6. The minimum atomic E-state index is -0.697. The number of nitrogens with zero attached hydrogens (tertiary/aromatic N) is 3. The Labute approximate surface area is 148 Å². The van der Waals surface area contributed by atoms with Gasteiger partial charge in [-0.1, -0.05) is 0 Å². The van der Waals surface area contributed by atoms with Crippen LogP contribution in [-0.4, -0.2) is 54.6 Å². The maximum atomic E-state index is 12.2. The SMILES string of the molecule is CN(C)C1CCN(c2ccc(C(=O)OC(C)(C)C)c([N+](=O)[O-])c2)CC1. The highest BCUT2D eigenvalue weighted by Crippen LogP contribution is 2.29. The summed E-state index contributed by atoms with van der Waals surface area (Å²) >= 11 is 0. The molecule has 0 N–H and O–H groups in total. The largest absolute Gasteiger partial charge is 0.456 e. The van der Waals surface area contributed by atoms with Crippen LogP contribution in [0.3, 0.4) is 0 Å². The summed E-state index contributed by atoms with van der Waals surface area (Å²) in [6.45, 7) is 6.89. The molecule has 138 valence electrons. The summed E-state index contributed by atoms with van der Waals surface area (Å²) in [6, 6.07) is 5.28. The van der Waals surface area contributed by atoms with Crippen molar-refractivity contribution < 1.29 is 14.5 Å². The summed E-state index contributed by atoms with van der Waals surface area (Å²) in [5, 5.41) is 11.4.